The summed E-state index contributed by atoms with van der Waals surface area (Å²) < 4.78 is 5.64. The molecule has 166 valence electrons. The minimum Gasteiger partial charge on any atom is -0.449 e. The fourth-order valence-corrected chi connectivity index (χ4v) is 4.14. The van der Waals surface area contributed by atoms with Gasteiger partial charge in [0.25, 0.3) is 5.91 Å². The summed E-state index contributed by atoms with van der Waals surface area (Å²) in [5, 5.41) is 3.88. The molecule has 1 unspecified atom stereocenters. The number of pyridine rings is 1. The summed E-state index contributed by atoms with van der Waals surface area (Å²) in [6.07, 6.45) is -0.229. The molecule has 2 heterocycles. The molecular formula is C25H26ClN3O3. The number of nitrogens with zero attached hydrogens (tertiary/aromatic N) is 2. The van der Waals surface area contributed by atoms with Crippen LogP contribution in [-0.2, 0) is 22.5 Å². The molecule has 1 amide bonds. The number of para-hydroxylation sites is 2. The lowest BCUT2D eigenvalue weighted by Gasteiger charge is -2.32. The fraction of sp³-hybridized carbons (Fsp3) is 0.320. The Morgan fingerprint density at radius 2 is 1.81 bits per heavy atom. The molecule has 7 heteroatoms. The van der Waals surface area contributed by atoms with Crippen LogP contribution in [0, 0.1) is 0 Å². The lowest BCUT2D eigenvalue weighted by Crippen LogP contribution is -2.37. The number of hydrogen-bond acceptors (Lipinski definition) is 5. The van der Waals surface area contributed by atoms with Gasteiger partial charge in [0.15, 0.2) is 6.10 Å². The van der Waals surface area contributed by atoms with E-state index in [1.165, 1.54) is 0 Å². The van der Waals surface area contributed by atoms with Gasteiger partial charge in [-0.1, -0.05) is 41.9 Å². The number of halogens is 1. The zero-order valence-corrected chi connectivity index (χ0v) is 19.1. The van der Waals surface area contributed by atoms with Crippen molar-refractivity contribution in [3.63, 3.8) is 0 Å². The van der Waals surface area contributed by atoms with Crippen LogP contribution in [0.15, 0.2) is 48.5 Å². The Morgan fingerprint density at radius 1 is 1.09 bits per heavy atom. The Hall–Kier alpha value is -2.96. The van der Waals surface area contributed by atoms with Crippen molar-refractivity contribution in [2.24, 2.45) is 0 Å². The van der Waals surface area contributed by atoms with Gasteiger partial charge in [0.1, 0.15) is 0 Å². The van der Waals surface area contributed by atoms with Gasteiger partial charge in [-0.2, -0.15) is 0 Å². The minimum atomic E-state index is -0.994. The lowest BCUT2D eigenvalue weighted by atomic mass is 9.95. The number of benzene rings is 2. The molecule has 1 atom stereocenters. The molecular weight excluding hydrogens is 426 g/mol. The average molecular weight is 452 g/mol. The van der Waals surface area contributed by atoms with Gasteiger partial charge in [-0.05, 0) is 39.0 Å². The molecule has 1 aromatic heterocycles. The first-order chi connectivity index (χ1) is 15.3. The van der Waals surface area contributed by atoms with E-state index >= 15 is 0 Å². The summed E-state index contributed by atoms with van der Waals surface area (Å²) >= 11 is 6.12. The number of fused-ring (bicyclic) bond motifs is 2. The molecule has 3 aromatic rings. The molecule has 0 saturated heterocycles. The second-order valence-electron chi connectivity index (χ2n) is 8.26. The van der Waals surface area contributed by atoms with E-state index in [2.05, 4.69) is 24.1 Å². The molecule has 32 heavy (non-hydrogen) atoms. The van der Waals surface area contributed by atoms with Crippen LogP contribution < -0.4 is 5.32 Å². The number of esters is 1. The van der Waals surface area contributed by atoms with Crippen molar-refractivity contribution in [3.05, 3.63) is 70.4 Å². The Labute approximate surface area is 192 Å². The highest BCUT2D eigenvalue weighted by molar-refractivity contribution is 6.33. The molecule has 0 bridgehead atoms. The highest BCUT2D eigenvalue weighted by Gasteiger charge is 2.29. The van der Waals surface area contributed by atoms with Crippen molar-refractivity contribution in [2.75, 3.05) is 11.9 Å². The van der Waals surface area contributed by atoms with Crippen LogP contribution in [0.5, 0.6) is 0 Å². The Morgan fingerprint density at radius 3 is 2.56 bits per heavy atom. The topological polar surface area (TPSA) is 71.5 Å². The zero-order chi connectivity index (χ0) is 22.8. The Kier molecular flexibility index (Phi) is 6.44. The highest BCUT2D eigenvalue weighted by atomic mass is 35.5. The number of hydrogen-bond donors (Lipinski definition) is 1. The molecule has 0 radical (unpaired) electrons. The molecule has 0 spiro atoms. The smallest absolute Gasteiger partial charge is 0.339 e. The standard InChI is InChI=1S/C25H26ClN3O3/c1-15(2)29-13-12-21-18(14-29)23(17-8-4-6-10-20(17)27-21)25(31)32-16(3)24(30)28-22-11-7-5-9-19(22)26/h4-11,15-16H,12-14H2,1-3H3,(H,28,30). The van der Waals surface area contributed by atoms with Gasteiger partial charge in [-0.15, -0.1) is 0 Å². The van der Waals surface area contributed by atoms with Crippen LogP contribution in [0.4, 0.5) is 5.69 Å². The Bertz CT molecular complexity index is 1180. The van der Waals surface area contributed by atoms with Crippen molar-refractivity contribution in [1.82, 2.24) is 9.88 Å². The Balaban J connectivity index is 1.63. The molecule has 1 aliphatic rings. The first-order valence-electron chi connectivity index (χ1n) is 10.8. The molecule has 4 rings (SSSR count). The molecule has 0 saturated carbocycles. The van der Waals surface area contributed by atoms with E-state index in [0.717, 1.165) is 35.1 Å². The van der Waals surface area contributed by atoms with E-state index in [-0.39, 0.29) is 0 Å². The maximum absolute atomic E-state index is 13.4. The third kappa shape index (κ3) is 4.47. The number of aromatic nitrogens is 1. The highest BCUT2D eigenvalue weighted by Crippen LogP contribution is 2.30. The number of carbonyl (C=O) groups excluding carboxylic acids is 2. The van der Waals surface area contributed by atoms with E-state index in [0.29, 0.717) is 28.9 Å². The van der Waals surface area contributed by atoms with E-state index in [1.807, 2.05) is 24.3 Å². The van der Waals surface area contributed by atoms with Gasteiger partial charge in [-0.25, -0.2) is 4.79 Å². The summed E-state index contributed by atoms with van der Waals surface area (Å²) in [6.45, 7) is 7.34. The molecule has 2 aromatic carbocycles. The largest absolute Gasteiger partial charge is 0.449 e. The number of carbonyl (C=O) groups is 2. The van der Waals surface area contributed by atoms with Crippen molar-refractivity contribution >= 4 is 40.1 Å². The fourth-order valence-electron chi connectivity index (χ4n) is 3.95. The number of amides is 1. The van der Waals surface area contributed by atoms with Gasteiger partial charge in [0.2, 0.25) is 0 Å². The van der Waals surface area contributed by atoms with E-state index < -0.39 is 18.0 Å². The van der Waals surface area contributed by atoms with Crippen LogP contribution in [0.25, 0.3) is 10.9 Å². The second kappa shape index (κ2) is 9.27. The average Bonchev–Trinajstić information content (AvgIpc) is 2.78. The van der Waals surface area contributed by atoms with Crippen LogP contribution in [0.3, 0.4) is 0 Å². The van der Waals surface area contributed by atoms with Crippen molar-refractivity contribution in [2.45, 2.75) is 45.9 Å². The monoisotopic (exact) mass is 451 g/mol. The van der Waals surface area contributed by atoms with E-state index in [9.17, 15) is 9.59 Å². The van der Waals surface area contributed by atoms with Crippen LogP contribution in [0.1, 0.15) is 42.4 Å². The summed E-state index contributed by atoms with van der Waals surface area (Å²) in [5.74, 6) is -0.963. The number of rotatable bonds is 5. The van der Waals surface area contributed by atoms with Gasteiger partial charge < -0.3 is 10.1 Å². The number of ether oxygens (including phenoxy) is 1. The van der Waals surface area contributed by atoms with Crippen LogP contribution in [0.2, 0.25) is 5.02 Å². The first-order valence-corrected chi connectivity index (χ1v) is 11.1. The molecule has 1 N–H and O–H groups in total. The maximum Gasteiger partial charge on any atom is 0.339 e. The van der Waals surface area contributed by atoms with Crippen molar-refractivity contribution in [3.8, 4) is 0 Å². The van der Waals surface area contributed by atoms with Crippen molar-refractivity contribution < 1.29 is 14.3 Å². The van der Waals surface area contributed by atoms with Crippen molar-refractivity contribution in [1.29, 1.82) is 0 Å². The van der Waals surface area contributed by atoms with Gasteiger partial charge >= 0.3 is 5.97 Å². The van der Waals surface area contributed by atoms with Crippen LogP contribution >= 0.6 is 11.6 Å². The molecule has 6 nitrogen and oxygen atoms in total. The molecule has 0 fully saturated rings. The number of nitrogens with one attached hydrogen (secondary N) is 1. The van der Waals surface area contributed by atoms with Gasteiger partial charge in [0, 0.05) is 42.2 Å². The third-order valence-corrected chi connectivity index (χ3v) is 6.12. The minimum absolute atomic E-state index is 0.346. The normalized spacial score (nSPS) is 14.8. The SMILES string of the molecule is CC(OC(=O)c1c2c(nc3ccccc13)CCN(C(C)C)C2)C(=O)Nc1ccccc1Cl. The maximum atomic E-state index is 13.4. The summed E-state index contributed by atoms with van der Waals surface area (Å²) in [5.41, 5.74) is 3.52. The van der Waals surface area contributed by atoms with Gasteiger partial charge in [-0.3, -0.25) is 14.7 Å². The van der Waals surface area contributed by atoms with Crippen LogP contribution in [-0.4, -0.2) is 40.5 Å². The third-order valence-electron chi connectivity index (χ3n) is 5.80. The lowest BCUT2D eigenvalue weighted by molar-refractivity contribution is -0.123. The predicted octanol–water partition coefficient (Wildman–Crippen LogP) is 4.84. The molecule has 1 aliphatic heterocycles. The summed E-state index contributed by atoms with van der Waals surface area (Å²) in [6, 6.07) is 14.8. The van der Waals surface area contributed by atoms with Gasteiger partial charge in [0.05, 0.1) is 21.8 Å². The van der Waals surface area contributed by atoms with E-state index in [1.54, 1.807) is 31.2 Å². The zero-order valence-electron chi connectivity index (χ0n) is 18.4. The predicted molar refractivity (Wildman–Crippen MR) is 126 cm³/mol. The summed E-state index contributed by atoms with van der Waals surface area (Å²) in [4.78, 5) is 33.1. The quantitative estimate of drug-likeness (QED) is 0.562. The summed E-state index contributed by atoms with van der Waals surface area (Å²) in [7, 11) is 0. The molecule has 0 aliphatic carbocycles. The number of anilines is 1. The second-order valence-corrected chi connectivity index (χ2v) is 8.67. The van der Waals surface area contributed by atoms with E-state index in [4.69, 9.17) is 21.3 Å². The first kappa shape index (κ1) is 22.2.